The van der Waals surface area contributed by atoms with Crippen LogP contribution in [0.3, 0.4) is 0 Å². The van der Waals surface area contributed by atoms with Crippen molar-refractivity contribution < 1.29 is 0 Å². The molecular weight excluding hydrogens is 236 g/mol. The van der Waals surface area contributed by atoms with Crippen molar-refractivity contribution in [3.63, 3.8) is 0 Å². The summed E-state index contributed by atoms with van der Waals surface area (Å²) >= 11 is 0. The van der Waals surface area contributed by atoms with Gasteiger partial charge < -0.3 is 0 Å². The van der Waals surface area contributed by atoms with Gasteiger partial charge in [0.25, 0.3) is 0 Å². The Morgan fingerprint density at radius 1 is 1.47 bits per heavy atom. The summed E-state index contributed by atoms with van der Waals surface area (Å²) in [4.78, 5) is 9.02. The van der Waals surface area contributed by atoms with Crippen molar-refractivity contribution in [1.82, 2.24) is 14.8 Å². The van der Waals surface area contributed by atoms with E-state index in [1.807, 2.05) is 12.1 Å². The highest BCUT2D eigenvalue weighted by Gasteiger charge is 2.25. The summed E-state index contributed by atoms with van der Waals surface area (Å²) < 4.78 is 0. The van der Waals surface area contributed by atoms with E-state index in [0.717, 1.165) is 32.7 Å². The monoisotopic (exact) mass is 258 g/mol. The van der Waals surface area contributed by atoms with Crippen LogP contribution in [0.1, 0.15) is 31.5 Å². The number of pyridine rings is 1. The van der Waals surface area contributed by atoms with E-state index in [1.54, 1.807) is 6.20 Å². The first-order valence-corrected chi connectivity index (χ1v) is 7.08. The molecule has 0 bridgehead atoms. The summed E-state index contributed by atoms with van der Waals surface area (Å²) in [5.41, 5.74) is 1.70. The standard InChI is InChI=1S/C15H22N4/c1-3-19(4-2)15-6-8-18(12-15)11-13-5-7-17-14(9-13)10-16/h5,7,9,15H,3-4,6,8,11-12H2,1-2H3. The molecule has 1 atom stereocenters. The van der Waals surface area contributed by atoms with E-state index in [4.69, 9.17) is 5.26 Å². The van der Waals surface area contributed by atoms with Crippen molar-refractivity contribution >= 4 is 0 Å². The molecule has 4 heteroatoms. The lowest BCUT2D eigenvalue weighted by molar-refractivity contribution is 0.209. The van der Waals surface area contributed by atoms with Crippen LogP contribution in [0.15, 0.2) is 18.3 Å². The van der Waals surface area contributed by atoms with Gasteiger partial charge in [-0.15, -0.1) is 0 Å². The second-order valence-corrected chi connectivity index (χ2v) is 5.06. The Balaban J connectivity index is 1.93. The normalized spacial score (nSPS) is 19.8. The van der Waals surface area contributed by atoms with E-state index < -0.39 is 0 Å². The summed E-state index contributed by atoms with van der Waals surface area (Å²) in [6.07, 6.45) is 2.98. The lowest BCUT2D eigenvalue weighted by Crippen LogP contribution is -2.37. The molecule has 0 N–H and O–H groups in total. The van der Waals surface area contributed by atoms with Crippen LogP contribution in [0.2, 0.25) is 0 Å². The fourth-order valence-electron chi connectivity index (χ4n) is 2.89. The van der Waals surface area contributed by atoms with Crippen LogP contribution >= 0.6 is 0 Å². The van der Waals surface area contributed by atoms with Crippen LogP contribution in [0.4, 0.5) is 0 Å². The van der Waals surface area contributed by atoms with Crippen LogP contribution in [0, 0.1) is 11.3 Å². The number of rotatable bonds is 5. The van der Waals surface area contributed by atoms with E-state index in [2.05, 4.69) is 34.7 Å². The quantitative estimate of drug-likeness (QED) is 0.808. The van der Waals surface area contributed by atoms with Gasteiger partial charge in [0.2, 0.25) is 0 Å². The lowest BCUT2D eigenvalue weighted by Gasteiger charge is -2.26. The third-order valence-electron chi connectivity index (χ3n) is 3.92. The van der Waals surface area contributed by atoms with Crippen molar-refractivity contribution in [2.45, 2.75) is 32.9 Å². The molecule has 2 heterocycles. The van der Waals surface area contributed by atoms with Crippen LogP contribution in [-0.2, 0) is 6.54 Å². The van der Waals surface area contributed by atoms with Crippen LogP contribution in [-0.4, -0.2) is 47.0 Å². The highest BCUT2D eigenvalue weighted by Crippen LogP contribution is 2.18. The minimum atomic E-state index is 0.511. The third-order valence-corrected chi connectivity index (χ3v) is 3.92. The summed E-state index contributed by atoms with van der Waals surface area (Å²) in [6.45, 7) is 9.92. The fraction of sp³-hybridized carbons (Fsp3) is 0.600. The zero-order chi connectivity index (χ0) is 13.7. The maximum Gasteiger partial charge on any atom is 0.140 e. The molecule has 1 fully saturated rings. The maximum atomic E-state index is 8.87. The van der Waals surface area contributed by atoms with Crippen LogP contribution < -0.4 is 0 Å². The molecule has 1 aromatic rings. The predicted octanol–water partition coefficient (Wildman–Crippen LogP) is 1.87. The molecule has 1 aromatic heterocycles. The summed E-state index contributed by atoms with van der Waals surface area (Å²) in [5, 5.41) is 8.87. The molecule has 0 aromatic carbocycles. The van der Waals surface area contributed by atoms with Crippen molar-refractivity contribution in [3.8, 4) is 6.07 Å². The number of aromatic nitrogens is 1. The van der Waals surface area contributed by atoms with Crippen molar-refractivity contribution in [1.29, 1.82) is 5.26 Å². The van der Waals surface area contributed by atoms with Gasteiger partial charge in [-0.3, -0.25) is 9.80 Å². The molecule has 1 unspecified atom stereocenters. The average molecular weight is 258 g/mol. The second kappa shape index (κ2) is 6.65. The zero-order valence-corrected chi connectivity index (χ0v) is 11.8. The Hall–Kier alpha value is -1.44. The SMILES string of the molecule is CCN(CC)C1CCN(Cc2ccnc(C#N)c2)C1. The van der Waals surface area contributed by atoms with E-state index in [9.17, 15) is 0 Å². The highest BCUT2D eigenvalue weighted by atomic mass is 15.2. The van der Waals surface area contributed by atoms with Gasteiger partial charge >= 0.3 is 0 Å². The summed E-state index contributed by atoms with van der Waals surface area (Å²) in [5.74, 6) is 0. The van der Waals surface area contributed by atoms with Gasteiger partial charge in [0.05, 0.1) is 0 Å². The largest absolute Gasteiger partial charge is 0.300 e. The highest BCUT2D eigenvalue weighted by molar-refractivity contribution is 5.25. The maximum absolute atomic E-state index is 8.87. The molecule has 0 aliphatic carbocycles. The first-order valence-electron chi connectivity index (χ1n) is 7.08. The van der Waals surface area contributed by atoms with Crippen molar-refractivity contribution in [3.05, 3.63) is 29.6 Å². The molecule has 19 heavy (non-hydrogen) atoms. The fourth-order valence-corrected chi connectivity index (χ4v) is 2.89. The van der Waals surface area contributed by atoms with E-state index in [0.29, 0.717) is 11.7 Å². The number of likely N-dealkylation sites (tertiary alicyclic amines) is 1. The predicted molar refractivity (Wildman–Crippen MR) is 75.6 cm³/mol. The summed E-state index contributed by atoms with van der Waals surface area (Å²) in [6, 6.07) is 6.69. The Kier molecular flexibility index (Phi) is 4.89. The first kappa shape index (κ1) is 14.0. The Morgan fingerprint density at radius 3 is 2.95 bits per heavy atom. The van der Waals surface area contributed by atoms with Gasteiger partial charge in [-0.2, -0.15) is 5.26 Å². The molecule has 2 rings (SSSR count). The van der Waals surface area contributed by atoms with E-state index >= 15 is 0 Å². The topological polar surface area (TPSA) is 43.2 Å². The molecule has 0 spiro atoms. The molecule has 0 amide bonds. The molecule has 4 nitrogen and oxygen atoms in total. The third kappa shape index (κ3) is 3.52. The molecule has 1 aliphatic heterocycles. The minimum Gasteiger partial charge on any atom is -0.300 e. The van der Waals surface area contributed by atoms with Crippen molar-refractivity contribution in [2.75, 3.05) is 26.2 Å². The number of hydrogen-bond donors (Lipinski definition) is 0. The Labute approximate surface area is 115 Å². The number of likely N-dealkylation sites (N-methyl/N-ethyl adjacent to an activating group) is 1. The van der Waals surface area contributed by atoms with Gasteiger partial charge in [0.15, 0.2) is 0 Å². The molecule has 0 saturated carbocycles. The van der Waals surface area contributed by atoms with E-state index in [1.165, 1.54) is 12.0 Å². The molecule has 102 valence electrons. The van der Waals surface area contributed by atoms with Gasteiger partial charge in [-0.05, 0) is 37.2 Å². The lowest BCUT2D eigenvalue weighted by atomic mass is 10.2. The van der Waals surface area contributed by atoms with Crippen molar-refractivity contribution in [2.24, 2.45) is 0 Å². The zero-order valence-electron chi connectivity index (χ0n) is 11.8. The van der Waals surface area contributed by atoms with Crippen LogP contribution in [0.5, 0.6) is 0 Å². The molecule has 1 saturated heterocycles. The molecular formula is C15H22N4. The van der Waals surface area contributed by atoms with Gasteiger partial charge in [0, 0.05) is 31.9 Å². The van der Waals surface area contributed by atoms with Gasteiger partial charge in [-0.25, -0.2) is 4.98 Å². The van der Waals surface area contributed by atoms with E-state index in [-0.39, 0.29) is 0 Å². The Bertz CT molecular complexity index is 448. The second-order valence-electron chi connectivity index (χ2n) is 5.06. The number of nitrogens with zero attached hydrogens (tertiary/aromatic N) is 4. The Morgan fingerprint density at radius 2 is 2.26 bits per heavy atom. The smallest absolute Gasteiger partial charge is 0.140 e. The van der Waals surface area contributed by atoms with Crippen LogP contribution in [0.25, 0.3) is 0 Å². The first-order chi connectivity index (χ1) is 9.26. The van der Waals surface area contributed by atoms with Gasteiger partial charge in [-0.1, -0.05) is 13.8 Å². The van der Waals surface area contributed by atoms with Gasteiger partial charge in [0.1, 0.15) is 11.8 Å². The molecule has 1 aliphatic rings. The number of hydrogen-bond acceptors (Lipinski definition) is 4. The number of nitriles is 1. The average Bonchev–Trinajstić information content (AvgIpc) is 2.89. The summed E-state index contributed by atoms with van der Waals surface area (Å²) in [7, 11) is 0. The minimum absolute atomic E-state index is 0.511. The molecule has 0 radical (unpaired) electrons.